The average Bonchev–Trinajstić information content (AvgIpc) is 3.02. The van der Waals surface area contributed by atoms with Crippen LogP contribution in [-0.4, -0.2) is 34.2 Å². The van der Waals surface area contributed by atoms with E-state index in [1.54, 1.807) is 7.11 Å². The van der Waals surface area contributed by atoms with E-state index in [1.165, 1.54) is 6.42 Å². The second-order valence-corrected chi connectivity index (χ2v) is 6.43. The third kappa shape index (κ3) is 3.20. The number of anilines is 2. The van der Waals surface area contributed by atoms with E-state index in [1.807, 2.05) is 47.0 Å². The van der Waals surface area contributed by atoms with Gasteiger partial charge in [-0.05, 0) is 37.1 Å². The minimum atomic E-state index is -0.131. The Labute approximate surface area is 151 Å². The SMILES string of the molecule is COc1ccccc1NCC(=O)Nc1ccc2nnc(C3CCC3)n2c1. The van der Waals surface area contributed by atoms with Crippen LogP contribution in [0.15, 0.2) is 42.6 Å². The quantitative estimate of drug-likeness (QED) is 0.713. The number of fused-ring (bicyclic) bond motifs is 1. The first-order valence-corrected chi connectivity index (χ1v) is 8.76. The number of para-hydroxylation sites is 2. The monoisotopic (exact) mass is 351 g/mol. The summed E-state index contributed by atoms with van der Waals surface area (Å²) < 4.78 is 7.25. The molecular formula is C19H21N5O2. The largest absolute Gasteiger partial charge is 0.495 e. The maximum atomic E-state index is 12.3. The molecule has 0 unspecified atom stereocenters. The Morgan fingerprint density at radius 1 is 1.23 bits per heavy atom. The van der Waals surface area contributed by atoms with E-state index in [4.69, 9.17) is 4.74 Å². The summed E-state index contributed by atoms with van der Waals surface area (Å²) in [6.07, 6.45) is 5.44. The summed E-state index contributed by atoms with van der Waals surface area (Å²) in [6.45, 7) is 0.149. The second kappa shape index (κ2) is 7.03. The van der Waals surface area contributed by atoms with E-state index in [-0.39, 0.29) is 12.5 Å². The zero-order chi connectivity index (χ0) is 17.9. The minimum absolute atomic E-state index is 0.131. The number of pyridine rings is 1. The van der Waals surface area contributed by atoms with Crippen molar-refractivity contribution in [2.24, 2.45) is 0 Å². The van der Waals surface area contributed by atoms with Crippen molar-refractivity contribution in [3.8, 4) is 5.75 Å². The third-order valence-electron chi connectivity index (χ3n) is 4.73. The first-order valence-electron chi connectivity index (χ1n) is 8.76. The van der Waals surface area contributed by atoms with Gasteiger partial charge in [-0.1, -0.05) is 18.6 Å². The molecule has 0 bridgehead atoms. The second-order valence-electron chi connectivity index (χ2n) is 6.43. The van der Waals surface area contributed by atoms with E-state index >= 15 is 0 Å². The van der Waals surface area contributed by atoms with Crippen LogP contribution in [0.4, 0.5) is 11.4 Å². The number of aromatic nitrogens is 3. The van der Waals surface area contributed by atoms with E-state index < -0.39 is 0 Å². The zero-order valence-corrected chi connectivity index (χ0v) is 14.6. The Morgan fingerprint density at radius 2 is 2.08 bits per heavy atom. The smallest absolute Gasteiger partial charge is 0.243 e. The fourth-order valence-electron chi connectivity index (χ4n) is 3.10. The molecule has 0 atom stereocenters. The van der Waals surface area contributed by atoms with Gasteiger partial charge < -0.3 is 15.4 Å². The first kappa shape index (κ1) is 16.4. The van der Waals surface area contributed by atoms with Gasteiger partial charge in [0.05, 0.1) is 25.0 Å². The average molecular weight is 351 g/mol. The van der Waals surface area contributed by atoms with Gasteiger partial charge in [-0.3, -0.25) is 9.20 Å². The number of carbonyl (C=O) groups excluding carboxylic acids is 1. The molecule has 0 radical (unpaired) electrons. The van der Waals surface area contributed by atoms with Gasteiger partial charge in [0.1, 0.15) is 11.6 Å². The third-order valence-corrected chi connectivity index (χ3v) is 4.73. The minimum Gasteiger partial charge on any atom is -0.495 e. The summed E-state index contributed by atoms with van der Waals surface area (Å²) in [4.78, 5) is 12.3. The number of rotatable bonds is 6. The summed E-state index contributed by atoms with van der Waals surface area (Å²) >= 11 is 0. The number of hydrogen-bond donors (Lipinski definition) is 2. The van der Waals surface area contributed by atoms with Crippen LogP contribution in [0.3, 0.4) is 0 Å². The van der Waals surface area contributed by atoms with Crippen molar-refractivity contribution < 1.29 is 9.53 Å². The van der Waals surface area contributed by atoms with E-state index in [0.717, 1.165) is 35.7 Å². The highest BCUT2D eigenvalue weighted by Crippen LogP contribution is 2.35. The molecule has 1 saturated carbocycles. The Kier molecular flexibility index (Phi) is 4.43. The molecule has 1 aliphatic rings. The van der Waals surface area contributed by atoms with Gasteiger partial charge in [0.2, 0.25) is 5.91 Å². The van der Waals surface area contributed by atoms with Crippen LogP contribution in [0.2, 0.25) is 0 Å². The maximum Gasteiger partial charge on any atom is 0.243 e. The molecule has 1 amide bonds. The molecule has 0 saturated heterocycles. The number of benzene rings is 1. The molecule has 1 aliphatic carbocycles. The molecule has 0 spiro atoms. The predicted molar refractivity (Wildman–Crippen MR) is 99.7 cm³/mol. The van der Waals surface area contributed by atoms with E-state index in [0.29, 0.717) is 11.7 Å². The maximum absolute atomic E-state index is 12.3. The van der Waals surface area contributed by atoms with Gasteiger partial charge >= 0.3 is 0 Å². The molecule has 1 fully saturated rings. The zero-order valence-electron chi connectivity index (χ0n) is 14.6. The fourth-order valence-corrected chi connectivity index (χ4v) is 3.10. The van der Waals surface area contributed by atoms with Gasteiger partial charge in [-0.25, -0.2) is 0 Å². The fraction of sp³-hybridized carbons (Fsp3) is 0.316. The lowest BCUT2D eigenvalue weighted by molar-refractivity contribution is -0.114. The van der Waals surface area contributed by atoms with Crippen molar-refractivity contribution in [2.45, 2.75) is 25.2 Å². The molecule has 4 rings (SSSR count). The van der Waals surface area contributed by atoms with Crippen LogP contribution >= 0.6 is 0 Å². The normalized spacial score (nSPS) is 14.0. The Morgan fingerprint density at radius 3 is 2.85 bits per heavy atom. The van der Waals surface area contributed by atoms with Crippen molar-refractivity contribution in [3.05, 3.63) is 48.4 Å². The first-order chi connectivity index (χ1) is 12.7. The van der Waals surface area contributed by atoms with Crippen molar-refractivity contribution >= 4 is 22.9 Å². The summed E-state index contributed by atoms with van der Waals surface area (Å²) in [6, 6.07) is 11.2. The van der Waals surface area contributed by atoms with Crippen molar-refractivity contribution in [1.82, 2.24) is 14.6 Å². The Balaban J connectivity index is 1.44. The molecule has 7 nitrogen and oxygen atoms in total. The lowest BCUT2D eigenvalue weighted by atomic mass is 9.85. The Bertz CT molecular complexity index is 933. The predicted octanol–water partition coefficient (Wildman–Crippen LogP) is 3.06. The molecule has 3 aromatic rings. The number of hydrogen-bond acceptors (Lipinski definition) is 5. The summed E-state index contributed by atoms with van der Waals surface area (Å²) in [5.74, 6) is 2.03. The molecule has 0 aliphatic heterocycles. The standard InChI is InChI=1S/C19H21N5O2/c1-26-16-8-3-2-7-15(16)20-11-18(25)21-14-9-10-17-22-23-19(24(17)12-14)13-5-4-6-13/h2-3,7-10,12-13,20H,4-6,11H2,1H3,(H,21,25). The molecule has 7 heteroatoms. The molecular weight excluding hydrogens is 330 g/mol. The number of ether oxygens (including phenoxy) is 1. The highest BCUT2D eigenvalue weighted by atomic mass is 16.5. The molecule has 1 aromatic carbocycles. The topological polar surface area (TPSA) is 80.5 Å². The molecule has 2 aromatic heterocycles. The molecule has 2 heterocycles. The van der Waals surface area contributed by atoms with Crippen LogP contribution in [0.25, 0.3) is 5.65 Å². The van der Waals surface area contributed by atoms with Gasteiger partial charge in [-0.15, -0.1) is 10.2 Å². The van der Waals surface area contributed by atoms with Crippen molar-refractivity contribution in [3.63, 3.8) is 0 Å². The highest BCUT2D eigenvalue weighted by Gasteiger charge is 2.24. The number of carbonyl (C=O) groups is 1. The number of nitrogens with one attached hydrogen (secondary N) is 2. The van der Waals surface area contributed by atoms with Gasteiger partial charge in [0.25, 0.3) is 0 Å². The van der Waals surface area contributed by atoms with E-state index in [2.05, 4.69) is 20.8 Å². The lowest BCUT2D eigenvalue weighted by Crippen LogP contribution is -2.22. The number of amides is 1. The Hall–Kier alpha value is -3.09. The van der Waals surface area contributed by atoms with Crippen LogP contribution in [-0.2, 0) is 4.79 Å². The number of nitrogens with zero attached hydrogens (tertiary/aromatic N) is 3. The van der Waals surface area contributed by atoms with Crippen LogP contribution in [0.1, 0.15) is 31.0 Å². The van der Waals surface area contributed by atoms with Crippen molar-refractivity contribution in [1.29, 1.82) is 0 Å². The molecule has 2 N–H and O–H groups in total. The molecule has 134 valence electrons. The van der Waals surface area contributed by atoms with Crippen LogP contribution < -0.4 is 15.4 Å². The summed E-state index contributed by atoms with van der Waals surface area (Å²) in [5, 5.41) is 14.5. The van der Waals surface area contributed by atoms with Crippen molar-refractivity contribution in [2.75, 3.05) is 24.3 Å². The van der Waals surface area contributed by atoms with Crippen LogP contribution in [0, 0.1) is 0 Å². The van der Waals surface area contributed by atoms with E-state index in [9.17, 15) is 4.79 Å². The highest BCUT2D eigenvalue weighted by molar-refractivity contribution is 5.93. The summed E-state index contributed by atoms with van der Waals surface area (Å²) in [5.41, 5.74) is 2.31. The summed E-state index contributed by atoms with van der Waals surface area (Å²) in [7, 11) is 1.61. The van der Waals surface area contributed by atoms with Gasteiger partial charge in [0, 0.05) is 12.1 Å². The molecule has 26 heavy (non-hydrogen) atoms. The lowest BCUT2D eigenvalue weighted by Gasteiger charge is -2.23. The van der Waals surface area contributed by atoms with Gasteiger partial charge in [0.15, 0.2) is 5.65 Å². The number of methoxy groups -OCH3 is 1. The van der Waals surface area contributed by atoms with Gasteiger partial charge in [-0.2, -0.15) is 0 Å². The van der Waals surface area contributed by atoms with Crippen LogP contribution in [0.5, 0.6) is 5.75 Å².